The number of ether oxygens (including phenoxy) is 1. The number of hydrogen-bond acceptors (Lipinski definition) is 4. The molecule has 90 valence electrons. The van der Waals surface area contributed by atoms with E-state index in [0.29, 0.717) is 10.8 Å². The Balaban J connectivity index is 2.03. The summed E-state index contributed by atoms with van der Waals surface area (Å²) in [4.78, 5) is 3.99. The second-order valence-corrected chi connectivity index (χ2v) is 3.93. The van der Waals surface area contributed by atoms with E-state index in [1.807, 2.05) is 0 Å². The van der Waals surface area contributed by atoms with Gasteiger partial charge in [0.25, 0.3) is 0 Å². The van der Waals surface area contributed by atoms with Crippen molar-refractivity contribution in [1.29, 1.82) is 0 Å². The van der Waals surface area contributed by atoms with Crippen LogP contribution in [0.4, 0.5) is 24.0 Å². The van der Waals surface area contributed by atoms with Crippen LogP contribution in [-0.4, -0.2) is 11.3 Å². The number of alkyl halides is 3. The molecule has 7 heteroatoms. The highest BCUT2D eigenvalue weighted by molar-refractivity contribution is 7.13. The van der Waals surface area contributed by atoms with Gasteiger partial charge in [-0.1, -0.05) is 0 Å². The van der Waals surface area contributed by atoms with Gasteiger partial charge in [-0.25, -0.2) is 4.98 Å². The third-order valence-corrected chi connectivity index (χ3v) is 2.46. The Labute approximate surface area is 98.9 Å². The van der Waals surface area contributed by atoms with E-state index in [1.54, 1.807) is 11.6 Å². The van der Waals surface area contributed by atoms with Crippen molar-refractivity contribution in [3.63, 3.8) is 0 Å². The molecule has 0 atom stereocenters. The molecular formula is C10H7F3N2OS. The van der Waals surface area contributed by atoms with Gasteiger partial charge in [0.15, 0.2) is 5.13 Å². The summed E-state index contributed by atoms with van der Waals surface area (Å²) in [5.41, 5.74) is 0.648. The zero-order valence-electron chi connectivity index (χ0n) is 8.36. The van der Waals surface area contributed by atoms with Crippen LogP contribution >= 0.6 is 11.3 Å². The van der Waals surface area contributed by atoms with Gasteiger partial charge < -0.3 is 10.1 Å². The minimum Gasteiger partial charge on any atom is -0.406 e. The Morgan fingerprint density at radius 3 is 2.41 bits per heavy atom. The Bertz CT molecular complexity index is 467. The normalized spacial score (nSPS) is 11.2. The summed E-state index contributed by atoms with van der Waals surface area (Å²) in [7, 11) is 0. The fourth-order valence-corrected chi connectivity index (χ4v) is 1.70. The zero-order chi connectivity index (χ0) is 12.3. The number of rotatable bonds is 3. The quantitative estimate of drug-likeness (QED) is 0.911. The maximum Gasteiger partial charge on any atom is 0.573 e. The molecule has 1 aromatic heterocycles. The molecule has 0 amide bonds. The summed E-state index contributed by atoms with van der Waals surface area (Å²) in [6.07, 6.45) is -3.03. The van der Waals surface area contributed by atoms with Gasteiger partial charge in [0.2, 0.25) is 0 Å². The van der Waals surface area contributed by atoms with Crippen LogP contribution in [0, 0.1) is 0 Å². The Hall–Kier alpha value is -1.76. The molecule has 2 aromatic rings. The van der Waals surface area contributed by atoms with Gasteiger partial charge in [-0.3, -0.25) is 0 Å². The molecule has 1 aromatic carbocycles. The monoisotopic (exact) mass is 260 g/mol. The number of hydrogen-bond donors (Lipinski definition) is 1. The van der Waals surface area contributed by atoms with Crippen LogP contribution in [0.5, 0.6) is 5.75 Å². The van der Waals surface area contributed by atoms with Gasteiger partial charge in [-0.15, -0.1) is 24.5 Å². The molecule has 17 heavy (non-hydrogen) atoms. The van der Waals surface area contributed by atoms with Crippen molar-refractivity contribution >= 4 is 22.2 Å². The molecule has 0 aliphatic rings. The highest BCUT2D eigenvalue weighted by Crippen LogP contribution is 2.25. The first-order valence-electron chi connectivity index (χ1n) is 4.55. The minimum atomic E-state index is -4.66. The van der Waals surface area contributed by atoms with Gasteiger partial charge in [0, 0.05) is 17.3 Å². The lowest BCUT2D eigenvalue weighted by molar-refractivity contribution is -0.274. The molecule has 0 aliphatic heterocycles. The van der Waals surface area contributed by atoms with Crippen molar-refractivity contribution in [3.8, 4) is 5.75 Å². The standard InChI is InChI=1S/C10H7F3N2OS/c11-10(12,13)16-8-3-1-7(2-4-8)15-9-14-5-6-17-9/h1-6H,(H,14,15). The van der Waals surface area contributed by atoms with Crippen molar-refractivity contribution in [1.82, 2.24) is 4.98 Å². The van der Waals surface area contributed by atoms with Crippen LogP contribution in [-0.2, 0) is 0 Å². The Morgan fingerprint density at radius 2 is 1.88 bits per heavy atom. The van der Waals surface area contributed by atoms with E-state index in [-0.39, 0.29) is 5.75 Å². The summed E-state index contributed by atoms with van der Waals surface area (Å²) in [5.74, 6) is -0.248. The maximum absolute atomic E-state index is 11.9. The van der Waals surface area contributed by atoms with Crippen molar-refractivity contribution in [2.24, 2.45) is 0 Å². The molecule has 0 bridgehead atoms. The summed E-state index contributed by atoms with van der Waals surface area (Å²) >= 11 is 1.40. The van der Waals surface area contributed by atoms with E-state index < -0.39 is 6.36 Å². The molecule has 0 spiro atoms. The minimum absolute atomic E-state index is 0.248. The van der Waals surface area contributed by atoms with Crippen molar-refractivity contribution in [3.05, 3.63) is 35.8 Å². The molecule has 2 rings (SSSR count). The van der Waals surface area contributed by atoms with E-state index in [9.17, 15) is 13.2 Å². The lowest BCUT2D eigenvalue weighted by atomic mass is 10.3. The first-order valence-corrected chi connectivity index (χ1v) is 5.43. The Morgan fingerprint density at radius 1 is 1.18 bits per heavy atom. The number of thiazole rings is 1. The smallest absolute Gasteiger partial charge is 0.406 e. The first kappa shape index (κ1) is 11.7. The van der Waals surface area contributed by atoms with Crippen molar-refractivity contribution in [2.45, 2.75) is 6.36 Å². The number of benzene rings is 1. The largest absolute Gasteiger partial charge is 0.573 e. The van der Waals surface area contributed by atoms with E-state index in [1.165, 1.54) is 35.6 Å². The third-order valence-electron chi connectivity index (χ3n) is 1.77. The fourth-order valence-electron chi connectivity index (χ4n) is 1.15. The molecule has 0 saturated carbocycles. The van der Waals surface area contributed by atoms with E-state index in [2.05, 4.69) is 15.0 Å². The number of aromatic nitrogens is 1. The Kier molecular flexibility index (Phi) is 3.19. The molecule has 1 heterocycles. The average molecular weight is 260 g/mol. The van der Waals surface area contributed by atoms with Gasteiger partial charge in [0.1, 0.15) is 5.75 Å². The molecule has 0 unspecified atom stereocenters. The number of nitrogens with one attached hydrogen (secondary N) is 1. The van der Waals surface area contributed by atoms with E-state index in [0.717, 1.165) is 0 Å². The molecule has 1 N–H and O–H groups in total. The summed E-state index contributed by atoms with van der Waals surface area (Å²) in [6, 6.07) is 5.46. The van der Waals surface area contributed by atoms with Crippen molar-refractivity contribution in [2.75, 3.05) is 5.32 Å². The van der Waals surface area contributed by atoms with Crippen LogP contribution in [0.3, 0.4) is 0 Å². The van der Waals surface area contributed by atoms with Gasteiger partial charge in [-0.2, -0.15) is 0 Å². The molecule has 3 nitrogen and oxygen atoms in total. The van der Waals surface area contributed by atoms with Gasteiger partial charge >= 0.3 is 6.36 Å². The van der Waals surface area contributed by atoms with Crippen molar-refractivity contribution < 1.29 is 17.9 Å². The van der Waals surface area contributed by atoms with E-state index >= 15 is 0 Å². The molecule has 0 saturated heterocycles. The lowest BCUT2D eigenvalue weighted by Gasteiger charge is -2.09. The highest BCUT2D eigenvalue weighted by Gasteiger charge is 2.30. The number of halogens is 3. The van der Waals surface area contributed by atoms with Gasteiger partial charge in [-0.05, 0) is 24.3 Å². The fraction of sp³-hybridized carbons (Fsp3) is 0.100. The van der Waals surface area contributed by atoms with Crippen LogP contribution in [0.1, 0.15) is 0 Å². The van der Waals surface area contributed by atoms with Crippen LogP contribution in [0.2, 0.25) is 0 Å². The third kappa shape index (κ3) is 3.63. The van der Waals surface area contributed by atoms with Crippen LogP contribution in [0.15, 0.2) is 35.8 Å². The predicted octanol–water partition coefficient (Wildman–Crippen LogP) is 3.79. The van der Waals surface area contributed by atoms with Crippen LogP contribution < -0.4 is 10.1 Å². The zero-order valence-corrected chi connectivity index (χ0v) is 9.18. The number of nitrogens with zero attached hydrogens (tertiary/aromatic N) is 1. The first-order chi connectivity index (χ1) is 8.03. The topological polar surface area (TPSA) is 34.1 Å². The molecule has 0 radical (unpaired) electrons. The average Bonchev–Trinajstić information content (AvgIpc) is 2.71. The maximum atomic E-state index is 11.9. The van der Waals surface area contributed by atoms with Gasteiger partial charge in [0.05, 0.1) is 0 Å². The lowest BCUT2D eigenvalue weighted by Crippen LogP contribution is -2.16. The highest BCUT2D eigenvalue weighted by atomic mass is 32.1. The molecule has 0 fully saturated rings. The SMILES string of the molecule is FC(F)(F)Oc1ccc(Nc2nccs2)cc1. The summed E-state index contributed by atoms with van der Waals surface area (Å²) in [5, 5.41) is 5.42. The molecule has 0 aliphatic carbocycles. The van der Waals surface area contributed by atoms with Crippen LogP contribution in [0.25, 0.3) is 0 Å². The number of anilines is 2. The second-order valence-electron chi connectivity index (χ2n) is 3.03. The predicted molar refractivity (Wildman–Crippen MR) is 58.5 cm³/mol. The summed E-state index contributed by atoms with van der Waals surface area (Å²) in [6.45, 7) is 0. The molecular weight excluding hydrogens is 253 g/mol. The second kappa shape index (κ2) is 4.62. The summed E-state index contributed by atoms with van der Waals surface area (Å²) < 4.78 is 39.5. The van der Waals surface area contributed by atoms with E-state index in [4.69, 9.17) is 0 Å².